The first-order chi connectivity index (χ1) is 7.19. The molecule has 0 unspecified atom stereocenters. The molecule has 80 valence electrons. The highest BCUT2D eigenvalue weighted by atomic mass is 35.5. The second kappa shape index (κ2) is 5.21. The summed E-state index contributed by atoms with van der Waals surface area (Å²) < 4.78 is 9.15. The van der Waals surface area contributed by atoms with Gasteiger partial charge in [-0.25, -0.2) is 0 Å². The highest BCUT2D eigenvalue weighted by Crippen LogP contribution is 2.20. The normalized spacial score (nSPS) is 10.9. The van der Waals surface area contributed by atoms with Crippen molar-refractivity contribution in [1.82, 2.24) is 0 Å². The van der Waals surface area contributed by atoms with E-state index in [2.05, 4.69) is 9.45 Å². The lowest BCUT2D eigenvalue weighted by molar-refractivity contribution is -0.131. The van der Waals surface area contributed by atoms with Crippen LogP contribution in [-0.2, 0) is 9.08 Å². The third-order valence-corrected chi connectivity index (χ3v) is 1.68. The highest BCUT2D eigenvalue weighted by Gasteiger charge is 2.13. The van der Waals surface area contributed by atoms with Gasteiger partial charge in [0.1, 0.15) is 17.6 Å². The molecule has 0 bridgehead atoms. The van der Waals surface area contributed by atoms with Crippen LogP contribution in [0.4, 0.5) is 0 Å². The Balaban J connectivity index is 3.11. The van der Waals surface area contributed by atoms with Crippen LogP contribution in [0.25, 0.3) is 0 Å². The fourth-order valence-electron chi connectivity index (χ4n) is 0.998. The molecule has 6 heteroatoms. The predicted octanol–water partition coefficient (Wildman–Crippen LogP) is 1.92. The lowest BCUT2D eigenvalue weighted by Gasteiger charge is -2.06. The summed E-state index contributed by atoms with van der Waals surface area (Å²) >= 11 is 5.08. The van der Waals surface area contributed by atoms with Crippen molar-refractivity contribution in [3.8, 4) is 5.75 Å². The Morgan fingerprint density at radius 2 is 2.13 bits per heavy atom. The smallest absolute Gasteiger partial charge is 0.308 e. The summed E-state index contributed by atoms with van der Waals surface area (Å²) in [7, 11) is 0. The van der Waals surface area contributed by atoms with Crippen molar-refractivity contribution in [3.63, 3.8) is 0 Å². The minimum absolute atomic E-state index is 0.207. The topological polar surface area (TPSA) is 68.1 Å². The van der Waals surface area contributed by atoms with E-state index in [0.29, 0.717) is 0 Å². The van der Waals surface area contributed by atoms with Crippen molar-refractivity contribution in [3.05, 3.63) is 29.8 Å². The lowest BCUT2D eigenvalue weighted by Crippen LogP contribution is -2.08. The van der Waals surface area contributed by atoms with Gasteiger partial charge >= 0.3 is 5.97 Å². The predicted molar refractivity (Wildman–Crippen MR) is 53.0 cm³/mol. The third kappa shape index (κ3) is 2.85. The van der Waals surface area contributed by atoms with Gasteiger partial charge in [0.05, 0.1) is 5.56 Å². The van der Waals surface area contributed by atoms with Gasteiger partial charge < -0.3 is 14.2 Å². The number of esters is 1. The molecule has 15 heavy (non-hydrogen) atoms. The van der Waals surface area contributed by atoms with Gasteiger partial charge in [0.25, 0.3) is 5.90 Å². The number of hydrogen-bond donors (Lipinski definition) is 1. The first-order valence-corrected chi connectivity index (χ1v) is 4.28. The Bertz CT molecular complexity index is 391. The number of nitrogens with zero attached hydrogens (tertiary/aromatic N) is 1. The number of halogens is 1. The summed E-state index contributed by atoms with van der Waals surface area (Å²) in [6.45, 7) is 1.26. The molecule has 0 aliphatic carbocycles. The molecule has 1 rings (SSSR count). The van der Waals surface area contributed by atoms with Crippen LogP contribution in [0, 0.1) is 0 Å². The number of carbonyl (C=O) groups is 1. The molecule has 0 spiro atoms. The highest BCUT2D eigenvalue weighted by molar-refractivity contribution is 6.17. The maximum atomic E-state index is 10.8. The molecule has 0 aromatic heterocycles. The zero-order chi connectivity index (χ0) is 11.3. The van der Waals surface area contributed by atoms with Crippen LogP contribution >= 0.6 is 11.9 Å². The maximum Gasteiger partial charge on any atom is 0.308 e. The number of benzene rings is 1. The van der Waals surface area contributed by atoms with Crippen molar-refractivity contribution in [1.29, 1.82) is 0 Å². The molecule has 0 amide bonds. The minimum Gasteiger partial charge on any atom is -0.426 e. The van der Waals surface area contributed by atoms with E-state index >= 15 is 0 Å². The number of hydrogen-bond acceptors (Lipinski definition) is 5. The number of ether oxygens (including phenoxy) is 1. The summed E-state index contributed by atoms with van der Waals surface area (Å²) in [5.41, 5.74) is 0.283. The summed E-state index contributed by atoms with van der Waals surface area (Å²) in [5.74, 6) is -0.527. The SMILES string of the molecule is CC(=O)Oc1ccccc1C(=NO)OCl. The molecular weight excluding hydrogens is 222 g/mol. The van der Waals surface area contributed by atoms with Gasteiger partial charge in [0, 0.05) is 6.92 Å². The number of para-hydroxylation sites is 1. The fraction of sp³-hybridized carbons (Fsp3) is 0.111. The average molecular weight is 230 g/mol. The molecule has 0 fully saturated rings. The Morgan fingerprint density at radius 1 is 1.47 bits per heavy atom. The molecule has 0 aliphatic heterocycles. The Hall–Kier alpha value is -1.75. The first kappa shape index (κ1) is 11.3. The van der Waals surface area contributed by atoms with Crippen molar-refractivity contribution in [2.75, 3.05) is 0 Å². The van der Waals surface area contributed by atoms with Crippen molar-refractivity contribution >= 4 is 23.7 Å². The second-order valence-electron chi connectivity index (χ2n) is 2.57. The van der Waals surface area contributed by atoms with Gasteiger partial charge in [0.15, 0.2) is 0 Å². The second-order valence-corrected chi connectivity index (χ2v) is 2.73. The lowest BCUT2D eigenvalue weighted by atomic mass is 10.2. The molecule has 1 aromatic carbocycles. The van der Waals surface area contributed by atoms with Crippen molar-refractivity contribution in [2.45, 2.75) is 6.92 Å². The van der Waals surface area contributed by atoms with E-state index in [1.165, 1.54) is 19.1 Å². The molecule has 0 saturated carbocycles. The van der Waals surface area contributed by atoms with E-state index < -0.39 is 5.97 Å². The summed E-state index contributed by atoms with van der Waals surface area (Å²) in [5, 5.41) is 11.4. The Labute approximate surface area is 91.0 Å². The zero-order valence-corrected chi connectivity index (χ0v) is 8.56. The van der Waals surface area contributed by atoms with E-state index in [4.69, 9.17) is 21.8 Å². The van der Waals surface area contributed by atoms with Crippen molar-refractivity contribution < 1.29 is 19.0 Å². The Morgan fingerprint density at radius 3 is 2.67 bits per heavy atom. The van der Waals surface area contributed by atoms with Crippen LogP contribution in [0.1, 0.15) is 12.5 Å². The maximum absolute atomic E-state index is 10.8. The molecule has 1 aromatic rings. The average Bonchev–Trinajstić information content (AvgIpc) is 2.21. The van der Waals surface area contributed by atoms with E-state index in [-0.39, 0.29) is 17.2 Å². The molecule has 1 N–H and O–H groups in total. The van der Waals surface area contributed by atoms with Crippen LogP contribution in [0.15, 0.2) is 29.4 Å². The molecule has 0 saturated heterocycles. The molecular formula is C9H8ClNO4. The van der Waals surface area contributed by atoms with Crippen LogP contribution in [-0.4, -0.2) is 17.1 Å². The van der Waals surface area contributed by atoms with Gasteiger partial charge in [0.2, 0.25) is 0 Å². The molecule has 0 radical (unpaired) electrons. The van der Waals surface area contributed by atoms with Crippen molar-refractivity contribution in [2.24, 2.45) is 5.16 Å². The van der Waals surface area contributed by atoms with Gasteiger partial charge in [-0.2, -0.15) is 0 Å². The van der Waals surface area contributed by atoms with Crippen LogP contribution in [0.3, 0.4) is 0 Å². The van der Waals surface area contributed by atoms with E-state index in [1.54, 1.807) is 12.1 Å². The standard InChI is InChI=1S/C9H8ClNO4/c1-6(12)14-8-5-3-2-4-7(8)9(11-13)15-10/h2-5,13H,1H3. The van der Waals surface area contributed by atoms with Crippen LogP contribution in [0.5, 0.6) is 5.75 Å². The van der Waals surface area contributed by atoms with E-state index in [9.17, 15) is 4.79 Å². The number of oxime groups is 1. The van der Waals surface area contributed by atoms with E-state index in [0.717, 1.165) is 0 Å². The summed E-state index contributed by atoms with van der Waals surface area (Å²) in [6, 6.07) is 6.38. The van der Waals surface area contributed by atoms with Crippen LogP contribution < -0.4 is 4.74 Å². The zero-order valence-electron chi connectivity index (χ0n) is 7.81. The molecule has 0 heterocycles. The van der Waals surface area contributed by atoms with Gasteiger partial charge in [-0.05, 0) is 17.3 Å². The third-order valence-electron chi connectivity index (χ3n) is 1.54. The molecule has 5 nitrogen and oxygen atoms in total. The molecule has 0 atom stereocenters. The Kier molecular flexibility index (Phi) is 3.93. The molecule has 0 aliphatic rings. The van der Waals surface area contributed by atoms with Gasteiger partial charge in [-0.3, -0.25) is 4.79 Å². The summed E-state index contributed by atoms with van der Waals surface area (Å²) in [4.78, 5) is 10.8. The fourth-order valence-corrected chi connectivity index (χ4v) is 1.11. The quantitative estimate of drug-likeness (QED) is 0.210. The van der Waals surface area contributed by atoms with Gasteiger partial charge in [-0.15, -0.1) is 0 Å². The number of carbonyl (C=O) groups excluding carboxylic acids is 1. The summed E-state index contributed by atoms with van der Waals surface area (Å²) in [6.07, 6.45) is 0. The first-order valence-electron chi connectivity index (χ1n) is 3.97. The number of rotatable bonds is 2. The minimum atomic E-state index is -0.491. The van der Waals surface area contributed by atoms with Gasteiger partial charge in [-0.1, -0.05) is 12.1 Å². The van der Waals surface area contributed by atoms with E-state index in [1.807, 2.05) is 0 Å². The largest absolute Gasteiger partial charge is 0.426 e. The monoisotopic (exact) mass is 229 g/mol. The van der Waals surface area contributed by atoms with Crippen LogP contribution in [0.2, 0.25) is 0 Å².